The van der Waals surface area contributed by atoms with Crippen molar-refractivity contribution in [2.75, 3.05) is 5.75 Å². The van der Waals surface area contributed by atoms with Crippen molar-refractivity contribution in [1.82, 2.24) is 4.98 Å². The van der Waals surface area contributed by atoms with Crippen LogP contribution in [0.4, 0.5) is 0 Å². The molecule has 3 N–H and O–H groups in total. The SMILES string of the molecule is CC(C)CSc1cnccc1C(=N)N. The summed E-state index contributed by atoms with van der Waals surface area (Å²) in [5.41, 5.74) is 6.25. The minimum Gasteiger partial charge on any atom is -0.384 e. The summed E-state index contributed by atoms with van der Waals surface area (Å²) in [6.45, 7) is 4.33. The quantitative estimate of drug-likeness (QED) is 0.453. The smallest absolute Gasteiger partial charge is 0.124 e. The fourth-order valence-electron chi connectivity index (χ4n) is 0.974. The Kier molecular flexibility index (Phi) is 3.95. The molecule has 0 saturated heterocycles. The zero-order chi connectivity index (χ0) is 10.6. The van der Waals surface area contributed by atoms with Gasteiger partial charge in [0.2, 0.25) is 0 Å². The Morgan fingerprint density at radius 1 is 1.64 bits per heavy atom. The van der Waals surface area contributed by atoms with Crippen LogP contribution in [0, 0.1) is 11.3 Å². The monoisotopic (exact) mass is 209 g/mol. The molecule has 1 aromatic rings. The molecule has 0 spiro atoms. The molecule has 0 aliphatic carbocycles. The van der Waals surface area contributed by atoms with Gasteiger partial charge in [-0.25, -0.2) is 0 Å². The minimum atomic E-state index is 0.110. The van der Waals surface area contributed by atoms with Crippen LogP contribution in [0.2, 0.25) is 0 Å². The van der Waals surface area contributed by atoms with E-state index in [1.165, 1.54) is 0 Å². The number of thioether (sulfide) groups is 1. The number of aromatic nitrogens is 1. The van der Waals surface area contributed by atoms with Gasteiger partial charge in [-0.2, -0.15) is 0 Å². The van der Waals surface area contributed by atoms with E-state index in [1.54, 1.807) is 30.2 Å². The summed E-state index contributed by atoms with van der Waals surface area (Å²) in [6, 6.07) is 1.78. The largest absolute Gasteiger partial charge is 0.384 e. The Labute approximate surface area is 88.6 Å². The van der Waals surface area contributed by atoms with Gasteiger partial charge >= 0.3 is 0 Å². The number of nitrogens with one attached hydrogen (secondary N) is 1. The number of pyridine rings is 1. The number of nitrogen functional groups attached to an aromatic ring is 1. The number of nitrogens with two attached hydrogens (primary N) is 1. The maximum atomic E-state index is 7.40. The van der Waals surface area contributed by atoms with Crippen LogP contribution in [-0.2, 0) is 0 Å². The van der Waals surface area contributed by atoms with E-state index < -0.39 is 0 Å². The highest BCUT2D eigenvalue weighted by Gasteiger charge is 2.06. The van der Waals surface area contributed by atoms with Crippen molar-refractivity contribution in [1.29, 1.82) is 5.41 Å². The lowest BCUT2D eigenvalue weighted by Crippen LogP contribution is -2.12. The van der Waals surface area contributed by atoms with Gasteiger partial charge in [-0.3, -0.25) is 10.4 Å². The molecule has 0 saturated carbocycles. The molecule has 0 aromatic carbocycles. The molecular weight excluding hydrogens is 194 g/mol. The third-order valence-corrected chi connectivity index (χ3v) is 3.12. The highest BCUT2D eigenvalue weighted by molar-refractivity contribution is 7.99. The van der Waals surface area contributed by atoms with E-state index >= 15 is 0 Å². The Morgan fingerprint density at radius 3 is 2.93 bits per heavy atom. The number of amidine groups is 1. The third kappa shape index (κ3) is 3.03. The summed E-state index contributed by atoms with van der Waals surface area (Å²) in [4.78, 5) is 5.03. The topological polar surface area (TPSA) is 62.8 Å². The fourth-order valence-corrected chi connectivity index (χ4v) is 1.96. The highest BCUT2D eigenvalue weighted by atomic mass is 32.2. The number of hydrogen-bond acceptors (Lipinski definition) is 3. The zero-order valence-electron chi connectivity index (χ0n) is 8.45. The molecule has 14 heavy (non-hydrogen) atoms. The molecule has 1 rings (SSSR count). The molecule has 3 nitrogen and oxygen atoms in total. The minimum absolute atomic E-state index is 0.110. The third-order valence-electron chi connectivity index (χ3n) is 1.65. The standard InChI is InChI=1S/C10H15N3S/c1-7(2)6-14-9-5-13-4-3-8(9)10(11)12/h3-5,7H,6H2,1-2H3,(H3,11,12). The second kappa shape index (κ2) is 5.00. The van der Waals surface area contributed by atoms with Crippen molar-refractivity contribution < 1.29 is 0 Å². The average molecular weight is 209 g/mol. The average Bonchev–Trinajstić information content (AvgIpc) is 2.15. The molecule has 4 heteroatoms. The number of rotatable bonds is 4. The predicted octanol–water partition coefficient (Wildman–Crippen LogP) is 2.11. The van der Waals surface area contributed by atoms with Gasteiger partial charge in [-0.15, -0.1) is 11.8 Å². The van der Waals surface area contributed by atoms with Crippen LogP contribution >= 0.6 is 11.8 Å². The molecule has 0 aliphatic rings. The molecule has 0 atom stereocenters. The maximum absolute atomic E-state index is 7.40. The van der Waals surface area contributed by atoms with Crippen molar-refractivity contribution in [2.45, 2.75) is 18.7 Å². The van der Waals surface area contributed by atoms with Gasteiger partial charge in [0.05, 0.1) is 0 Å². The molecule has 0 aliphatic heterocycles. The maximum Gasteiger partial charge on any atom is 0.124 e. The van der Waals surface area contributed by atoms with E-state index in [-0.39, 0.29) is 5.84 Å². The van der Waals surface area contributed by atoms with Gasteiger partial charge < -0.3 is 5.73 Å². The molecule has 0 bridgehead atoms. The second-order valence-electron chi connectivity index (χ2n) is 3.49. The first-order valence-corrected chi connectivity index (χ1v) is 5.51. The Balaban J connectivity index is 2.79. The van der Waals surface area contributed by atoms with Gasteiger partial charge in [-0.05, 0) is 12.0 Å². The van der Waals surface area contributed by atoms with Crippen LogP contribution in [0.3, 0.4) is 0 Å². The van der Waals surface area contributed by atoms with Crippen LogP contribution in [0.25, 0.3) is 0 Å². The van der Waals surface area contributed by atoms with Crippen LogP contribution in [0.1, 0.15) is 19.4 Å². The van der Waals surface area contributed by atoms with Crippen molar-refractivity contribution in [2.24, 2.45) is 11.7 Å². The molecule has 1 heterocycles. The second-order valence-corrected chi connectivity index (χ2v) is 4.55. The normalized spacial score (nSPS) is 10.5. The first-order chi connectivity index (χ1) is 6.61. The van der Waals surface area contributed by atoms with Gasteiger partial charge in [0.1, 0.15) is 5.84 Å². The summed E-state index contributed by atoms with van der Waals surface area (Å²) < 4.78 is 0. The Hall–Kier alpha value is -1.03. The van der Waals surface area contributed by atoms with E-state index in [2.05, 4.69) is 18.8 Å². The molecule has 0 unspecified atom stereocenters. The van der Waals surface area contributed by atoms with Crippen molar-refractivity contribution in [3.05, 3.63) is 24.0 Å². The van der Waals surface area contributed by atoms with E-state index in [1.807, 2.05) is 0 Å². The van der Waals surface area contributed by atoms with Gasteiger partial charge in [-0.1, -0.05) is 13.8 Å². The van der Waals surface area contributed by atoms with Crippen LogP contribution in [0.15, 0.2) is 23.4 Å². The summed E-state index contributed by atoms with van der Waals surface area (Å²) in [7, 11) is 0. The Morgan fingerprint density at radius 2 is 2.36 bits per heavy atom. The lowest BCUT2D eigenvalue weighted by molar-refractivity contribution is 0.750. The van der Waals surface area contributed by atoms with Gasteiger partial charge in [0.25, 0.3) is 0 Å². The first kappa shape index (κ1) is 11.0. The zero-order valence-corrected chi connectivity index (χ0v) is 9.27. The molecular formula is C10H15N3S. The van der Waals surface area contributed by atoms with Crippen molar-refractivity contribution >= 4 is 17.6 Å². The summed E-state index contributed by atoms with van der Waals surface area (Å²) in [5, 5.41) is 7.40. The van der Waals surface area contributed by atoms with Gasteiger partial charge in [0.15, 0.2) is 0 Å². The molecule has 0 fully saturated rings. The highest BCUT2D eigenvalue weighted by Crippen LogP contribution is 2.23. The van der Waals surface area contributed by atoms with E-state index in [4.69, 9.17) is 11.1 Å². The fraction of sp³-hybridized carbons (Fsp3) is 0.400. The number of nitrogens with zero attached hydrogens (tertiary/aromatic N) is 1. The van der Waals surface area contributed by atoms with Crippen molar-refractivity contribution in [3.8, 4) is 0 Å². The van der Waals surface area contributed by atoms with E-state index in [9.17, 15) is 0 Å². The molecule has 1 aromatic heterocycles. The van der Waals surface area contributed by atoms with Crippen LogP contribution in [0.5, 0.6) is 0 Å². The summed E-state index contributed by atoms with van der Waals surface area (Å²) in [6.07, 6.45) is 3.43. The lowest BCUT2D eigenvalue weighted by Gasteiger charge is -2.08. The van der Waals surface area contributed by atoms with Crippen LogP contribution in [-0.4, -0.2) is 16.6 Å². The summed E-state index contributed by atoms with van der Waals surface area (Å²) >= 11 is 1.70. The number of hydrogen-bond donors (Lipinski definition) is 2. The molecule has 0 amide bonds. The van der Waals surface area contributed by atoms with E-state index in [0.717, 1.165) is 16.2 Å². The summed E-state index contributed by atoms with van der Waals surface area (Å²) in [5.74, 6) is 1.75. The first-order valence-electron chi connectivity index (χ1n) is 4.52. The lowest BCUT2D eigenvalue weighted by atomic mass is 10.2. The van der Waals surface area contributed by atoms with Crippen LogP contribution < -0.4 is 5.73 Å². The molecule has 76 valence electrons. The van der Waals surface area contributed by atoms with Gasteiger partial charge in [0, 0.05) is 28.6 Å². The Bertz CT molecular complexity index is 323. The predicted molar refractivity (Wildman–Crippen MR) is 60.8 cm³/mol. The molecule has 0 radical (unpaired) electrons. The van der Waals surface area contributed by atoms with E-state index in [0.29, 0.717) is 5.92 Å². The van der Waals surface area contributed by atoms with Crippen molar-refractivity contribution in [3.63, 3.8) is 0 Å².